The fourth-order valence-corrected chi connectivity index (χ4v) is 3.79. The molecule has 0 unspecified atom stereocenters. The smallest absolute Gasteiger partial charge is 0.408 e. The van der Waals surface area contributed by atoms with E-state index in [0.29, 0.717) is 12.2 Å². The number of methoxy groups -OCH3 is 1. The van der Waals surface area contributed by atoms with Crippen LogP contribution in [0.25, 0.3) is 10.9 Å². The lowest BCUT2D eigenvalue weighted by Gasteiger charge is -2.19. The number of ether oxygens (including phenoxy) is 2. The maximum Gasteiger partial charge on any atom is 0.408 e. The monoisotopic (exact) mass is 457 g/mol. The van der Waals surface area contributed by atoms with Gasteiger partial charge in [0.15, 0.2) is 0 Å². The molecule has 0 saturated carbocycles. The van der Waals surface area contributed by atoms with Gasteiger partial charge in [-0.2, -0.15) is 0 Å². The molecule has 0 fully saturated rings. The Bertz CT molecular complexity index is 1250. The second kappa shape index (κ2) is 11.0. The number of carbonyl (C=O) groups excluding carboxylic acids is 2. The van der Waals surface area contributed by atoms with Gasteiger partial charge in [0.05, 0.1) is 7.11 Å². The summed E-state index contributed by atoms with van der Waals surface area (Å²) in [4.78, 5) is 28.9. The number of para-hydroxylation sites is 2. The number of amides is 2. The van der Waals surface area contributed by atoms with E-state index in [1.165, 1.54) is 0 Å². The minimum absolute atomic E-state index is 0.120. The van der Waals surface area contributed by atoms with E-state index >= 15 is 0 Å². The van der Waals surface area contributed by atoms with Crippen LogP contribution in [-0.4, -0.2) is 30.1 Å². The number of aromatic nitrogens is 1. The average molecular weight is 458 g/mol. The van der Waals surface area contributed by atoms with Gasteiger partial charge in [-0.05, 0) is 23.3 Å². The molecule has 0 aliphatic heterocycles. The molecule has 34 heavy (non-hydrogen) atoms. The standard InChI is InChI=1S/C27H27N3O4/c1-33-25-14-8-5-11-20(25)16-29-26(31)24(15-21-17-28-23-13-7-6-12-22(21)23)30-27(32)34-18-19-9-3-2-4-10-19/h2-14,17,24,28H,15-16,18H2,1H3,(H,29,31)(H,30,32)/t24-/m1/s1. The molecule has 7 nitrogen and oxygen atoms in total. The van der Waals surface area contributed by atoms with Gasteiger partial charge in [0.25, 0.3) is 0 Å². The van der Waals surface area contributed by atoms with Crippen LogP contribution in [0.3, 0.4) is 0 Å². The molecule has 4 aromatic rings. The van der Waals surface area contributed by atoms with Crippen molar-refractivity contribution in [1.82, 2.24) is 15.6 Å². The number of H-pyrrole nitrogens is 1. The Balaban J connectivity index is 1.46. The van der Waals surface area contributed by atoms with Gasteiger partial charge in [-0.25, -0.2) is 4.79 Å². The highest BCUT2D eigenvalue weighted by molar-refractivity contribution is 5.88. The van der Waals surface area contributed by atoms with Crippen LogP contribution in [0, 0.1) is 0 Å². The van der Waals surface area contributed by atoms with Crippen molar-refractivity contribution < 1.29 is 19.1 Å². The van der Waals surface area contributed by atoms with Crippen molar-refractivity contribution in [3.05, 3.63) is 102 Å². The van der Waals surface area contributed by atoms with E-state index in [9.17, 15) is 9.59 Å². The molecule has 0 aliphatic carbocycles. The average Bonchev–Trinajstić information content (AvgIpc) is 3.29. The van der Waals surface area contributed by atoms with Gasteiger partial charge in [-0.15, -0.1) is 0 Å². The van der Waals surface area contributed by atoms with Crippen molar-refractivity contribution in [3.8, 4) is 5.75 Å². The van der Waals surface area contributed by atoms with E-state index in [1.54, 1.807) is 7.11 Å². The predicted molar refractivity (Wildman–Crippen MR) is 130 cm³/mol. The minimum atomic E-state index is -0.822. The van der Waals surface area contributed by atoms with Crippen LogP contribution in [0.5, 0.6) is 5.75 Å². The van der Waals surface area contributed by atoms with Crippen molar-refractivity contribution in [3.63, 3.8) is 0 Å². The lowest BCUT2D eigenvalue weighted by molar-refractivity contribution is -0.123. The molecule has 0 spiro atoms. The van der Waals surface area contributed by atoms with Crippen molar-refractivity contribution in [2.45, 2.75) is 25.6 Å². The van der Waals surface area contributed by atoms with Crippen LogP contribution in [-0.2, 0) is 29.1 Å². The molecule has 1 aromatic heterocycles. The third kappa shape index (κ3) is 5.75. The van der Waals surface area contributed by atoms with E-state index in [0.717, 1.165) is 27.6 Å². The molecule has 0 radical (unpaired) electrons. The highest BCUT2D eigenvalue weighted by Crippen LogP contribution is 2.20. The molecular weight excluding hydrogens is 430 g/mol. The Morgan fingerprint density at radius 1 is 0.912 bits per heavy atom. The summed E-state index contributed by atoms with van der Waals surface area (Å²) in [6.45, 7) is 0.392. The molecule has 3 aromatic carbocycles. The molecule has 0 saturated heterocycles. The van der Waals surface area contributed by atoms with Gasteiger partial charge in [-0.1, -0.05) is 66.7 Å². The molecule has 1 atom stereocenters. The third-order valence-electron chi connectivity index (χ3n) is 5.57. The summed E-state index contributed by atoms with van der Waals surface area (Å²) in [7, 11) is 1.59. The highest BCUT2D eigenvalue weighted by atomic mass is 16.5. The zero-order chi connectivity index (χ0) is 23.8. The minimum Gasteiger partial charge on any atom is -0.496 e. The molecular formula is C27H27N3O4. The molecule has 174 valence electrons. The van der Waals surface area contributed by atoms with Gasteiger partial charge < -0.3 is 25.1 Å². The summed E-state index contributed by atoms with van der Waals surface area (Å²) >= 11 is 0. The number of hydrogen-bond acceptors (Lipinski definition) is 4. The second-order valence-electron chi connectivity index (χ2n) is 7.85. The first-order chi connectivity index (χ1) is 16.6. The van der Waals surface area contributed by atoms with Gasteiger partial charge in [0.2, 0.25) is 5.91 Å². The molecule has 0 aliphatic rings. The van der Waals surface area contributed by atoms with Crippen molar-refractivity contribution >= 4 is 22.9 Å². The Morgan fingerprint density at radius 2 is 1.65 bits per heavy atom. The summed E-state index contributed by atoms with van der Waals surface area (Å²) in [5.74, 6) is 0.374. The quantitative estimate of drug-likeness (QED) is 0.349. The third-order valence-corrected chi connectivity index (χ3v) is 5.57. The van der Waals surface area contributed by atoms with Crippen molar-refractivity contribution in [2.75, 3.05) is 7.11 Å². The summed E-state index contributed by atoms with van der Waals surface area (Å²) < 4.78 is 10.7. The summed E-state index contributed by atoms with van der Waals surface area (Å²) in [5, 5.41) is 6.65. The molecule has 0 bridgehead atoms. The van der Waals surface area contributed by atoms with Gasteiger partial charge in [0, 0.05) is 35.6 Å². The summed E-state index contributed by atoms with van der Waals surface area (Å²) in [6.07, 6.45) is 1.52. The first-order valence-corrected chi connectivity index (χ1v) is 11.1. The summed E-state index contributed by atoms with van der Waals surface area (Å²) in [5.41, 5.74) is 3.61. The van der Waals surface area contributed by atoms with E-state index < -0.39 is 12.1 Å². The van der Waals surface area contributed by atoms with Crippen LogP contribution in [0.2, 0.25) is 0 Å². The number of carbonyl (C=O) groups is 2. The second-order valence-corrected chi connectivity index (χ2v) is 7.85. The van der Waals surface area contributed by atoms with Gasteiger partial charge in [-0.3, -0.25) is 4.79 Å². The van der Waals surface area contributed by atoms with Crippen molar-refractivity contribution in [1.29, 1.82) is 0 Å². The number of aromatic amines is 1. The molecule has 1 heterocycles. The number of nitrogens with one attached hydrogen (secondary N) is 3. The number of alkyl carbamates (subject to hydrolysis) is 1. The van der Waals surface area contributed by atoms with Crippen LogP contribution < -0.4 is 15.4 Å². The maximum absolute atomic E-state index is 13.2. The van der Waals surface area contributed by atoms with Crippen LogP contribution >= 0.6 is 0 Å². The lowest BCUT2D eigenvalue weighted by Crippen LogP contribution is -2.48. The fraction of sp³-hybridized carbons (Fsp3) is 0.185. The Morgan fingerprint density at radius 3 is 2.47 bits per heavy atom. The maximum atomic E-state index is 13.2. The molecule has 7 heteroatoms. The number of fused-ring (bicyclic) bond motifs is 1. The molecule has 2 amide bonds. The molecule has 4 rings (SSSR count). The number of rotatable bonds is 9. The predicted octanol–water partition coefficient (Wildman–Crippen LogP) is 4.33. The van der Waals surface area contributed by atoms with Crippen LogP contribution in [0.1, 0.15) is 16.7 Å². The van der Waals surface area contributed by atoms with E-state index in [-0.39, 0.29) is 19.1 Å². The zero-order valence-electron chi connectivity index (χ0n) is 18.9. The highest BCUT2D eigenvalue weighted by Gasteiger charge is 2.23. The Labute approximate surface area is 198 Å². The van der Waals surface area contributed by atoms with Crippen LogP contribution in [0.15, 0.2) is 85.1 Å². The Kier molecular flexibility index (Phi) is 7.45. The van der Waals surface area contributed by atoms with Crippen molar-refractivity contribution in [2.24, 2.45) is 0 Å². The first kappa shape index (κ1) is 22.9. The van der Waals surface area contributed by atoms with Gasteiger partial charge in [0.1, 0.15) is 18.4 Å². The lowest BCUT2D eigenvalue weighted by atomic mass is 10.0. The molecule has 3 N–H and O–H groups in total. The largest absolute Gasteiger partial charge is 0.496 e. The van der Waals surface area contributed by atoms with Gasteiger partial charge >= 0.3 is 6.09 Å². The fourth-order valence-electron chi connectivity index (χ4n) is 3.79. The number of benzene rings is 3. The first-order valence-electron chi connectivity index (χ1n) is 11.1. The van der Waals surface area contributed by atoms with E-state index in [4.69, 9.17) is 9.47 Å². The van der Waals surface area contributed by atoms with Crippen LogP contribution in [0.4, 0.5) is 4.79 Å². The van der Waals surface area contributed by atoms with E-state index in [2.05, 4.69) is 15.6 Å². The zero-order valence-corrected chi connectivity index (χ0v) is 18.9. The normalized spacial score (nSPS) is 11.6. The van der Waals surface area contributed by atoms with E-state index in [1.807, 2.05) is 85.1 Å². The SMILES string of the molecule is COc1ccccc1CNC(=O)[C@@H](Cc1c[nH]c2ccccc12)NC(=O)OCc1ccccc1. The topological polar surface area (TPSA) is 92.5 Å². The number of hydrogen-bond donors (Lipinski definition) is 3. The Hall–Kier alpha value is -4.26. The summed E-state index contributed by atoms with van der Waals surface area (Å²) in [6, 6.07) is 23.9.